The number of Topliss-reactive ketones (excluding diaryl/α,β-unsaturated/α-hetero) is 1. The zero-order chi connectivity index (χ0) is 11.7. The van der Waals surface area contributed by atoms with Gasteiger partial charge < -0.3 is 5.73 Å². The van der Waals surface area contributed by atoms with Gasteiger partial charge in [-0.05, 0) is 50.4 Å². The summed E-state index contributed by atoms with van der Waals surface area (Å²) in [4.78, 5) is 12.3. The summed E-state index contributed by atoms with van der Waals surface area (Å²) in [7, 11) is 0. The van der Waals surface area contributed by atoms with Gasteiger partial charge in [0, 0.05) is 17.9 Å². The van der Waals surface area contributed by atoms with Crippen LogP contribution in [-0.2, 0) is 4.79 Å². The van der Waals surface area contributed by atoms with E-state index in [1.807, 2.05) is 0 Å². The first kappa shape index (κ1) is 12.1. The molecule has 5 atom stereocenters. The maximum atomic E-state index is 12.3. The first-order chi connectivity index (χ1) is 7.58. The van der Waals surface area contributed by atoms with E-state index in [1.54, 1.807) is 0 Å². The molecule has 0 aromatic rings. The molecule has 5 unspecified atom stereocenters. The highest BCUT2D eigenvalue weighted by Crippen LogP contribution is 2.37. The highest BCUT2D eigenvalue weighted by molar-refractivity contribution is 5.83. The Kier molecular flexibility index (Phi) is 3.68. The molecule has 0 spiro atoms. The number of rotatable bonds is 2. The third-order valence-corrected chi connectivity index (χ3v) is 4.88. The summed E-state index contributed by atoms with van der Waals surface area (Å²) < 4.78 is 0. The standard InChI is InChI=1S/C14H25NO/c1-9-3-4-11(7-10(9)2)14(16)12-5-6-13(15)8-12/h9-13H,3-8,15H2,1-2H3. The van der Waals surface area contributed by atoms with Crippen molar-refractivity contribution in [3.8, 4) is 0 Å². The Balaban J connectivity index is 1.90. The molecule has 2 fully saturated rings. The average molecular weight is 223 g/mol. The maximum Gasteiger partial charge on any atom is 0.139 e. The van der Waals surface area contributed by atoms with Crippen LogP contribution in [0.4, 0.5) is 0 Å². The van der Waals surface area contributed by atoms with Crippen molar-refractivity contribution in [1.29, 1.82) is 0 Å². The highest BCUT2D eigenvalue weighted by Gasteiger charge is 2.35. The second kappa shape index (κ2) is 4.87. The van der Waals surface area contributed by atoms with Crippen LogP contribution in [0.25, 0.3) is 0 Å². The van der Waals surface area contributed by atoms with Gasteiger partial charge in [0.2, 0.25) is 0 Å². The lowest BCUT2D eigenvalue weighted by Gasteiger charge is -2.32. The number of nitrogens with two attached hydrogens (primary N) is 1. The maximum absolute atomic E-state index is 12.3. The molecule has 2 saturated carbocycles. The molecule has 0 amide bonds. The SMILES string of the molecule is CC1CCC(C(=O)C2CCC(N)C2)CC1C. The van der Waals surface area contributed by atoms with E-state index in [9.17, 15) is 4.79 Å². The summed E-state index contributed by atoms with van der Waals surface area (Å²) >= 11 is 0. The van der Waals surface area contributed by atoms with Crippen molar-refractivity contribution < 1.29 is 4.79 Å². The van der Waals surface area contributed by atoms with Crippen molar-refractivity contribution in [2.45, 2.75) is 58.4 Å². The van der Waals surface area contributed by atoms with Crippen LogP contribution >= 0.6 is 0 Å². The molecule has 0 bridgehead atoms. The van der Waals surface area contributed by atoms with Crippen LogP contribution in [0.2, 0.25) is 0 Å². The Morgan fingerprint density at radius 3 is 2.12 bits per heavy atom. The van der Waals surface area contributed by atoms with Crippen LogP contribution in [0.1, 0.15) is 52.4 Å². The predicted molar refractivity (Wildman–Crippen MR) is 66.0 cm³/mol. The zero-order valence-corrected chi connectivity index (χ0v) is 10.6. The summed E-state index contributed by atoms with van der Waals surface area (Å²) in [5.41, 5.74) is 5.89. The van der Waals surface area contributed by atoms with E-state index in [1.165, 1.54) is 6.42 Å². The van der Waals surface area contributed by atoms with E-state index in [-0.39, 0.29) is 6.04 Å². The van der Waals surface area contributed by atoms with E-state index < -0.39 is 0 Å². The third kappa shape index (κ3) is 2.48. The summed E-state index contributed by atoms with van der Waals surface area (Å²) in [5, 5.41) is 0. The first-order valence-corrected chi connectivity index (χ1v) is 6.87. The van der Waals surface area contributed by atoms with Crippen LogP contribution in [0.3, 0.4) is 0 Å². The zero-order valence-electron chi connectivity index (χ0n) is 10.6. The van der Waals surface area contributed by atoms with Gasteiger partial charge in [0.05, 0.1) is 0 Å². The van der Waals surface area contributed by atoms with Crippen LogP contribution in [0.15, 0.2) is 0 Å². The molecule has 2 N–H and O–H groups in total. The second-order valence-corrected chi connectivity index (χ2v) is 6.14. The minimum absolute atomic E-state index is 0.286. The molecular formula is C14H25NO. The molecule has 16 heavy (non-hydrogen) atoms. The normalized spacial score (nSPS) is 44.6. The molecule has 0 aliphatic heterocycles. The van der Waals surface area contributed by atoms with Gasteiger partial charge in [-0.2, -0.15) is 0 Å². The Labute approximate surface area is 99.0 Å². The van der Waals surface area contributed by atoms with Crippen molar-refractivity contribution in [3.63, 3.8) is 0 Å². The largest absolute Gasteiger partial charge is 0.328 e. The number of carbonyl (C=O) groups excluding carboxylic acids is 1. The Morgan fingerprint density at radius 1 is 0.938 bits per heavy atom. The first-order valence-electron chi connectivity index (χ1n) is 6.87. The van der Waals surface area contributed by atoms with Gasteiger partial charge in [-0.3, -0.25) is 4.79 Å². The van der Waals surface area contributed by atoms with Crippen LogP contribution < -0.4 is 5.73 Å². The lowest BCUT2D eigenvalue weighted by Crippen LogP contribution is -2.30. The lowest BCUT2D eigenvalue weighted by atomic mass is 9.72. The molecule has 2 aliphatic rings. The van der Waals surface area contributed by atoms with E-state index >= 15 is 0 Å². The van der Waals surface area contributed by atoms with E-state index in [0.29, 0.717) is 17.6 Å². The second-order valence-electron chi connectivity index (χ2n) is 6.14. The molecule has 2 nitrogen and oxygen atoms in total. The Bertz CT molecular complexity index is 263. The van der Waals surface area contributed by atoms with Crippen LogP contribution in [-0.4, -0.2) is 11.8 Å². The van der Waals surface area contributed by atoms with E-state index in [4.69, 9.17) is 5.73 Å². The molecule has 0 saturated heterocycles. The minimum Gasteiger partial charge on any atom is -0.328 e. The van der Waals surface area contributed by atoms with Crippen LogP contribution in [0, 0.1) is 23.7 Å². The van der Waals surface area contributed by atoms with Gasteiger partial charge in [0.1, 0.15) is 5.78 Å². The number of hydrogen-bond donors (Lipinski definition) is 1. The van der Waals surface area contributed by atoms with Gasteiger partial charge in [0.15, 0.2) is 0 Å². The summed E-state index contributed by atoms with van der Waals surface area (Å²) in [5.74, 6) is 2.70. The van der Waals surface area contributed by atoms with Crippen molar-refractivity contribution in [2.24, 2.45) is 29.4 Å². The summed E-state index contributed by atoms with van der Waals surface area (Å²) in [6.45, 7) is 4.61. The number of carbonyl (C=O) groups is 1. The fourth-order valence-corrected chi connectivity index (χ4v) is 3.41. The molecule has 2 heteroatoms. The quantitative estimate of drug-likeness (QED) is 0.782. The van der Waals surface area contributed by atoms with Gasteiger partial charge >= 0.3 is 0 Å². The van der Waals surface area contributed by atoms with Gasteiger partial charge in [-0.25, -0.2) is 0 Å². The molecular weight excluding hydrogens is 198 g/mol. The van der Waals surface area contributed by atoms with Gasteiger partial charge in [0.25, 0.3) is 0 Å². The molecule has 2 rings (SSSR count). The van der Waals surface area contributed by atoms with Gasteiger partial charge in [-0.15, -0.1) is 0 Å². The Hall–Kier alpha value is -0.370. The van der Waals surface area contributed by atoms with Crippen LogP contribution in [0.5, 0.6) is 0 Å². The van der Waals surface area contributed by atoms with E-state index in [2.05, 4.69) is 13.8 Å². The smallest absolute Gasteiger partial charge is 0.139 e. The highest BCUT2D eigenvalue weighted by atomic mass is 16.1. The molecule has 0 radical (unpaired) electrons. The molecule has 92 valence electrons. The van der Waals surface area contributed by atoms with Crippen molar-refractivity contribution in [1.82, 2.24) is 0 Å². The Morgan fingerprint density at radius 2 is 1.56 bits per heavy atom. The fraction of sp³-hybridized carbons (Fsp3) is 0.929. The van der Waals surface area contributed by atoms with Crippen molar-refractivity contribution in [3.05, 3.63) is 0 Å². The lowest BCUT2D eigenvalue weighted by molar-refractivity contribution is -0.128. The average Bonchev–Trinajstić information content (AvgIpc) is 2.68. The summed E-state index contributed by atoms with van der Waals surface area (Å²) in [6, 6.07) is 0.286. The number of ketones is 1. The molecule has 2 aliphatic carbocycles. The minimum atomic E-state index is 0.286. The number of hydrogen-bond acceptors (Lipinski definition) is 2. The fourth-order valence-electron chi connectivity index (χ4n) is 3.41. The monoisotopic (exact) mass is 223 g/mol. The predicted octanol–water partition coefficient (Wildman–Crippen LogP) is 2.76. The topological polar surface area (TPSA) is 43.1 Å². The molecule has 0 heterocycles. The van der Waals surface area contributed by atoms with E-state index in [0.717, 1.165) is 43.9 Å². The van der Waals surface area contributed by atoms with Crippen molar-refractivity contribution >= 4 is 5.78 Å². The molecule has 0 aromatic heterocycles. The molecule has 0 aromatic carbocycles. The third-order valence-electron chi connectivity index (χ3n) is 4.88. The van der Waals surface area contributed by atoms with Crippen molar-refractivity contribution in [2.75, 3.05) is 0 Å². The van der Waals surface area contributed by atoms with Gasteiger partial charge in [-0.1, -0.05) is 13.8 Å². The summed E-state index contributed by atoms with van der Waals surface area (Å²) in [6.07, 6.45) is 6.51.